The number of pyridine rings is 1. The summed E-state index contributed by atoms with van der Waals surface area (Å²) in [5.41, 5.74) is 4.02. The molecule has 7 nitrogen and oxygen atoms in total. The Morgan fingerprint density at radius 1 is 1.19 bits per heavy atom. The van der Waals surface area contributed by atoms with Gasteiger partial charge in [0.2, 0.25) is 0 Å². The van der Waals surface area contributed by atoms with Crippen molar-refractivity contribution in [1.82, 2.24) is 24.4 Å². The fourth-order valence-electron chi connectivity index (χ4n) is 3.21. The number of ether oxygens (including phenoxy) is 1. The number of aromatic nitrogens is 5. The maximum atomic E-state index is 14.2. The van der Waals surface area contributed by atoms with Crippen LogP contribution in [0.25, 0.3) is 16.8 Å². The number of aryl methyl sites for hydroxylation is 2. The van der Waals surface area contributed by atoms with E-state index in [0.29, 0.717) is 17.0 Å². The van der Waals surface area contributed by atoms with Crippen LogP contribution in [-0.4, -0.2) is 31.5 Å². The van der Waals surface area contributed by atoms with Gasteiger partial charge in [0.25, 0.3) is 0 Å². The molecule has 0 atom stereocenters. The Kier molecular flexibility index (Phi) is 4.23. The summed E-state index contributed by atoms with van der Waals surface area (Å²) in [6, 6.07) is 8.67. The van der Waals surface area contributed by atoms with Crippen LogP contribution < -0.4 is 10.1 Å². The van der Waals surface area contributed by atoms with Crippen molar-refractivity contribution < 1.29 is 9.13 Å². The van der Waals surface area contributed by atoms with Gasteiger partial charge in [-0.15, -0.1) is 10.2 Å². The normalized spacial score (nSPS) is 11.1. The quantitative estimate of drug-likeness (QED) is 0.587. The summed E-state index contributed by atoms with van der Waals surface area (Å²) in [5.74, 6) is 0.945. The van der Waals surface area contributed by atoms with Crippen molar-refractivity contribution in [2.45, 2.75) is 13.5 Å². The van der Waals surface area contributed by atoms with Crippen molar-refractivity contribution in [3.05, 3.63) is 59.9 Å². The molecule has 4 aromatic rings. The first-order chi connectivity index (χ1) is 13.1. The number of hydrogen-bond donors (Lipinski definition) is 1. The van der Waals surface area contributed by atoms with Gasteiger partial charge in [-0.2, -0.15) is 5.10 Å². The predicted molar refractivity (Wildman–Crippen MR) is 100 cm³/mol. The van der Waals surface area contributed by atoms with E-state index in [0.717, 1.165) is 22.6 Å². The fourth-order valence-corrected chi connectivity index (χ4v) is 3.21. The van der Waals surface area contributed by atoms with Gasteiger partial charge < -0.3 is 10.1 Å². The summed E-state index contributed by atoms with van der Waals surface area (Å²) >= 11 is 0. The minimum absolute atomic E-state index is 0.272. The number of methoxy groups -OCH3 is 1. The summed E-state index contributed by atoms with van der Waals surface area (Å²) in [6.45, 7) is 2.23. The smallest absolute Gasteiger partial charge is 0.170 e. The second-order valence-electron chi connectivity index (χ2n) is 6.23. The molecule has 27 heavy (non-hydrogen) atoms. The minimum atomic E-state index is -0.315. The van der Waals surface area contributed by atoms with Crippen LogP contribution in [0, 0.1) is 12.7 Å². The van der Waals surface area contributed by atoms with Crippen LogP contribution in [0.2, 0.25) is 0 Å². The number of hydrogen-bond acceptors (Lipinski definition) is 5. The molecule has 1 N–H and O–H groups in total. The second kappa shape index (κ2) is 6.71. The number of fused-ring (bicyclic) bond motifs is 1. The first-order valence-corrected chi connectivity index (χ1v) is 8.47. The maximum Gasteiger partial charge on any atom is 0.170 e. The molecule has 0 radical (unpaired) electrons. The lowest BCUT2D eigenvalue weighted by Crippen LogP contribution is -2.07. The largest absolute Gasteiger partial charge is 0.496 e. The highest BCUT2D eigenvalue weighted by Crippen LogP contribution is 2.29. The van der Waals surface area contributed by atoms with Crippen molar-refractivity contribution in [3.63, 3.8) is 0 Å². The number of anilines is 1. The van der Waals surface area contributed by atoms with Crippen molar-refractivity contribution in [1.29, 1.82) is 0 Å². The topological polar surface area (TPSA) is 69.3 Å². The molecule has 0 aliphatic heterocycles. The first kappa shape index (κ1) is 17.0. The van der Waals surface area contributed by atoms with Crippen molar-refractivity contribution >= 4 is 11.5 Å². The van der Waals surface area contributed by atoms with E-state index in [1.165, 1.54) is 13.2 Å². The Hall–Kier alpha value is -3.42. The average Bonchev–Trinajstić information content (AvgIpc) is 3.27. The summed E-state index contributed by atoms with van der Waals surface area (Å²) in [4.78, 5) is 0. The van der Waals surface area contributed by atoms with Gasteiger partial charge >= 0.3 is 0 Å². The van der Waals surface area contributed by atoms with Crippen molar-refractivity contribution in [2.75, 3.05) is 12.4 Å². The average molecular weight is 366 g/mol. The molecule has 3 heterocycles. The number of benzene rings is 1. The van der Waals surface area contributed by atoms with Gasteiger partial charge in [0.1, 0.15) is 23.7 Å². The van der Waals surface area contributed by atoms with Gasteiger partial charge in [0.15, 0.2) is 5.65 Å². The molecule has 0 fully saturated rings. The Morgan fingerprint density at radius 2 is 2.04 bits per heavy atom. The van der Waals surface area contributed by atoms with Crippen molar-refractivity contribution in [3.8, 4) is 16.9 Å². The highest BCUT2D eigenvalue weighted by atomic mass is 19.1. The summed E-state index contributed by atoms with van der Waals surface area (Å²) < 4.78 is 23.0. The van der Waals surface area contributed by atoms with Crippen LogP contribution in [0.15, 0.2) is 42.9 Å². The summed E-state index contributed by atoms with van der Waals surface area (Å²) in [5, 5.41) is 15.9. The van der Waals surface area contributed by atoms with E-state index >= 15 is 0 Å². The molecule has 0 aliphatic rings. The van der Waals surface area contributed by atoms with Crippen LogP contribution >= 0.6 is 0 Å². The number of nitrogens with one attached hydrogen (secondary N) is 1. The SMILES string of the molecule is COc1cccc(F)c1CNc1ccc(-c2cn(C)nc2C)c2nncn12. The van der Waals surface area contributed by atoms with Crippen LogP contribution in [0.3, 0.4) is 0 Å². The highest BCUT2D eigenvalue weighted by Gasteiger charge is 2.15. The van der Waals surface area contributed by atoms with E-state index in [1.807, 2.05) is 36.7 Å². The summed E-state index contributed by atoms with van der Waals surface area (Å²) in [7, 11) is 3.41. The van der Waals surface area contributed by atoms with Gasteiger partial charge in [-0.25, -0.2) is 4.39 Å². The molecule has 0 saturated heterocycles. The number of rotatable bonds is 5. The molecule has 3 aromatic heterocycles. The highest BCUT2D eigenvalue weighted by molar-refractivity contribution is 5.80. The fraction of sp³-hybridized carbons (Fsp3) is 0.211. The van der Waals surface area contributed by atoms with E-state index in [2.05, 4.69) is 20.6 Å². The molecule has 0 unspecified atom stereocenters. The Balaban J connectivity index is 1.70. The molecule has 0 aliphatic carbocycles. The number of halogens is 1. The zero-order valence-electron chi connectivity index (χ0n) is 15.3. The van der Waals surface area contributed by atoms with Gasteiger partial charge in [0.05, 0.1) is 12.8 Å². The summed E-state index contributed by atoms with van der Waals surface area (Å²) in [6.07, 6.45) is 3.59. The lowest BCUT2D eigenvalue weighted by atomic mass is 10.1. The second-order valence-corrected chi connectivity index (χ2v) is 6.23. The lowest BCUT2D eigenvalue weighted by molar-refractivity contribution is 0.405. The van der Waals surface area contributed by atoms with Gasteiger partial charge in [-0.1, -0.05) is 6.07 Å². The molecule has 138 valence electrons. The van der Waals surface area contributed by atoms with Gasteiger partial charge in [-0.3, -0.25) is 9.08 Å². The van der Waals surface area contributed by atoms with Crippen LogP contribution in [-0.2, 0) is 13.6 Å². The van der Waals surface area contributed by atoms with Gasteiger partial charge in [-0.05, 0) is 31.2 Å². The predicted octanol–water partition coefficient (Wildman–Crippen LogP) is 3.20. The third-order valence-corrected chi connectivity index (χ3v) is 4.50. The van der Waals surface area contributed by atoms with E-state index < -0.39 is 0 Å². The molecule has 1 aromatic carbocycles. The molecular weight excluding hydrogens is 347 g/mol. The standard InChI is InChI=1S/C19H19FN6O/c1-12-15(10-25(2)24-12)13-7-8-18(26-11-22-23-19(13)26)21-9-14-16(20)5-4-6-17(14)27-3/h4-8,10-11,21H,9H2,1-3H3. The van der Waals surface area contributed by atoms with E-state index in [4.69, 9.17) is 4.74 Å². The zero-order chi connectivity index (χ0) is 19.0. The molecule has 4 rings (SSSR count). The molecular formula is C19H19FN6O. The molecule has 0 saturated carbocycles. The van der Waals surface area contributed by atoms with E-state index in [-0.39, 0.29) is 12.4 Å². The number of nitrogens with zero attached hydrogens (tertiary/aromatic N) is 5. The Bertz CT molecular complexity index is 1120. The molecule has 0 amide bonds. The van der Waals surface area contributed by atoms with Crippen LogP contribution in [0.1, 0.15) is 11.3 Å². The zero-order valence-corrected chi connectivity index (χ0v) is 15.3. The van der Waals surface area contributed by atoms with Crippen molar-refractivity contribution in [2.24, 2.45) is 7.05 Å². The molecule has 0 spiro atoms. The van der Waals surface area contributed by atoms with E-state index in [1.54, 1.807) is 23.1 Å². The Labute approximate surface area is 155 Å². The van der Waals surface area contributed by atoms with Crippen LogP contribution in [0.4, 0.5) is 10.2 Å². The first-order valence-electron chi connectivity index (χ1n) is 8.47. The monoisotopic (exact) mass is 366 g/mol. The van der Waals surface area contributed by atoms with Crippen LogP contribution in [0.5, 0.6) is 5.75 Å². The third kappa shape index (κ3) is 2.99. The molecule has 8 heteroatoms. The minimum Gasteiger partial charge on any atom is -0.496 e. The lowest BCUT2D eigenvalue weighted by Gasteiger charge is -2.13. The third-order valence-electron chi connectivity index (χ3n) is 4.50. The van der Waals surface area contributed by atoms with E-state index in [9.17, 15) is 4.39 Å². The maximum absolute atomic E-state index is 14.2. The van der Waals surface area contributed by atoms with Gasteiger partial charge in [0, 0.05) is 36.5 Å². The Morgan fingerprint density at radius 3 is 2.78 bits per heavy atom. The molecule has 0 bridgehead atoms.